The molecule has 0 bridgehead atoms. The van der Waals surface area contributed by atoms with E-state index in [4.69, 9.17) is 16.7 Å². The maximum atomic E-state index is 12.4. The third kappa shape index (κ3) is 3.92. The van der Waals surface area contributed by atoms with Crippen molar-refractivity contribution < 1.29 is 9.32 Å². The second-order valence-corrected chi connectivity index (χ2v) is 6.89. The SMILES string of the molecule is CC(c1cccc(Cl)c1)S(=O)Cc1ccc(CO)cc1. The zero-order valence-electron chi connectivity index (χ0n) is 11.3. The monoisotopic (exact) mass is 308 g/mol. The molecule has 2 rings (SSSR count). The highest BCUT2D eigenvalue weighted by Crippen LogP contribution is 2.24. The molecule has 2 nitrogen and oxygen atoms in total. The predicted octanol–water partition coefficient (Wildman–Crippen LogP) is 3.84. The summed E-state index contributed by atoms with van der Waals surface area (Å²) in [7, 11) is -1.00. The van der Waals surface area contributed by atoms with E-state index in [1.54, 1.807) is 0 Å². The second kappa shape index (κ2) is 7.02. The van der Waals surface area contributed by atoms with Crippen molar-refractivity contribution in [1.82, 2.24) is 0 Å². The summed E-state index contributed by atoms with van der Waals surface area (Å²) in [6, 6.07) is 15.0. The van der Waals surface area contributed by atoms with Crippen LogP contribution in [-0.2, 0) is 23.2 Å². The Morgan fingerprint density at radius 2 is 1.80 bits per heavy atom. The van der Waals surface area contributed by atoms with Gasteiger partial charge in [-0.2, -0.15) is 0 Å². The Kier molecular flexibility index (Phi) is 5.35. The van der Waals surface area contributed by atoms with Crippen molar-refractivity contribution in [2.24, 2.45) is 0 Å². The van der Waals surface area contributed by atoms with Gasteiger partial charge in [-0.1, -0.05) is 48.0 Å². The first kappa shape index (κ1) is 15.2. The molecule has 0 heterocycles. The van der Waals surface area contributed by atoms with Gasteiger partial charge in [0.25, 0.3) is 0 Å². The van der Waals surface area contributed by atoms with Crippen LogP contribution in [0.5, 0.6) is 0 Å². The van der Waals surface area contributed by atoms with Crippen molar-refractivity contribution in [2.75, 3.05) is 0 Å². The molecule has 0 amide bonds. The fourth-order valence-corrected chi connectivity index (χ4v) is 3.36. The normalized spacial score (nSPS) is 13.9. The number of halogens is 1. The smallest absolute Gasteiger partial charge is 0.0681 e. The van der Waals surface area contributed by atoms with E-state index in [9.17, 15) is 4.21 Å². The molecule has 0 aliphatic carbocycles. The van der Waals surface area contributed by atoms with Crippen molar-refractivity contribution in [1.29, 1.82) is 0 Å². The Morgan fingerprint density at radius 3 is 2.40 bits per heavy atom. The number of rotatable bonds is 5. The molecule has 0 aromatic heterocycles. The van der Waals surface area contributed by atoms with Crippen molar-refractivity contribution >= 4 is 22.4 Å². The summed E-state index contributed by atoms with van der Waals surface area (Å²) >= 11 is 5.96. The summed E-state index contributed by atoms with van der Waals surface area (Å²) in [5, 5.41) is 9.60. The molecule has 0 aliphatic heterocycles. The lowest BCUT2D eigenvalue weighted by molar-refractivity contribution is 0.282. The average Bonchev–Trinajstić information content (AvgIpc) is 2.47. The Bertz CT molecular complexity index is 596. The molecule has 2 atom stereocenters. The molecule has 2 aromatic rings. The minimum Gasteiger partial charge on any atom is -0.392 e. The van der Waals surface area contributed by atoms with Crippen molar-refractivity contribution in [2.45, 2.75) is 24.5 Å². The van der Waals surface area contributed by atoms with Crippen LogP contribution in [0, 0.1) is 0 Å². The molecule has 106 valence electrons. The molecule has 2 aromatic carbocycles. The third-order valence-electron chi connectivity index (χ3n) is 3.23. The highest BCUT2D eigenvalue weighted by molar-refractivity contribution is 7.84. The molecule has 1 N–H and O–H groups in total. The number of hydrogen-bond donors (Lipinski definition) is 1. The van der Waals surface area contributed by atoms with Gasteiger partial charge in [0, 0.05) is 21.6 Å². The molecule has 0 radical (unpaired) electrons. The molecule has 0 aliphatic rings. The maximum Gasteiger partial charge on any atom is 0.0681 e. The summed E-state index contributed by atoms with van der Waals surface area (Å²) < 4.78 is 12.4. The van der Waals surface area contributed by atoms with Crippen molar-refractivity contribution in [3.8, 4) is 0 Å². The van der Waals surface area contributed by atoms with Gasteiger partial charge in [0.1, 0.15) is 0 Å². The zero-order chi connectivity index (χ0) is 14.5. The van der Waals surface area contributed by atoms with Crippen LogP contribution < -0.4 is 0 Å². The molecule has 20 heavy (non-hydrogen) atoms. The van der Waals surface area contributed by atoms with Crippen LogP contribution in [0.3, 0.4) is 0 Å². The van der Waals surface area contributed by atoms with E-state index >= 15 is 0 Å². The van der Waals surface area contributed by atoms with Gasteiger partial charge in [-0.05, 0) is 35.7 Å². The summed E-state index contributed by atoms with van der Waals surface area (Å²) in [6.07, 6.45) is 0. The summed E-state index contributed by atoms with van der Waals surface area (Å²) in [5.41, 5.74) is 2.86. The average molecular weight is 309 g/mol. The molecule has 0 saturated carbocycles. The largest absolute Gasteiger partial charge is 0.392 e. The minimum absolute atomic E-state index is 0.0300. The maximum absolute atomic E-state index is 12.4. The van der Waals surface area contributed by atoms with Crippen LogP contribution >= 0.6 is 11.6 Å². The lowest BCUT2D eigenvalue weighted by Gasteiger charge is -2.12. The van der Waals surface area contributed by atoms with Gasteiger partial charge in [-0.25, -0.2) is 0 Å². The summed E-state index contributed by atoms with van der Waals surface area (Å²) in [4.78, 5) is 0. The van der Waals surface area contributed by atoms with E-state index < -0.39 is 10.8 Å². The lowest BCUT2D eigenvalue weighted by atomic mass is 10.2. The first-order valence-electron chi connectivity index (χ1n) is 6.41. The van der Waals surface area contributed by atoms with E-state index in [0.29, 0.717) is 10.8 Å². The van der Waals surface area contributed by atoms with Crippen LogP contribution in [0.15, 0.2) is 48.5 Å². The van der Waals surface area contributed by atoms with Crippen molar-refractivity contribution in [3.63, 3.8) is 0 Å². The van der Waals surface area contributed by atoms with Gasteiger partial charge in [0.15, 0.2) is 0 Å². The quantitative estimate of drug-likeness (QED) is 0.911. The van der Waals surface area contributed by atoms with Crippen LogP contribution in [0.1, 0.15) is 28.9 Å². The molecule has 4 heteroatoms. The van der Waals surface area contributed by atoms with Gasteiger partial charge >= 0.3 is 0 Å². The predicted molar refractivity (Wildman–Crippen MR) is 84.1 cm³/mol. The zero-order valence-corrected chi connectivity index (χ0v) is 12.8. The fraction of sp³-hybridized carbons (Fsp3) is 0.250. The Morgan fingerprint density at radius 1 is 1.15 bits per heavy atom. The summed E-state index contributed by atoms with van der Waals surface area (Å²) in [5.74, 6) is 0.499. The molecular weight excluding hydrogens is 292 g/mol. The lowest BCUT2D eigenvalue weighted by Crippen LogP contribution is -2.05. The Hall–Kier alpha value is -1.16. The number of aliphatic hydroxyl groups excluding tert-OH is 1. The van der Waals surface area contributed by atoms with Gasteiger partial charge in [0.05, 0.1) is 11.9 Å². The van der Waals surface area contributed by atoms with Crippen molar-refractivity contribution in [3.05, 3.63) is 70.2 Å². The van der Waals surface area contributed by atoms with Gasteiger partial charge in [-0.15, -0.1) is 0 Å². The topological polar surface area (TPSA) is 37.3 Å². The molecule has 2 unspecified atom stereocenters. The minimum atomic E-state index is -1.00. The molecule has 0 spiro atoms. The number of aliphatic hydroxyl groups is 1. The van der Waals surface area contributed by atoms with E-state index in [1.165, 1.54) is 0 Å². The van der Waals surface area contributed by atoms with Crippen LogP contribution in [-0.4, -0.2) is 9.32 Å². The highest BCUT2D eigenvalue weighted by Gasteiger charge is 2.14. The van der Waals surface area contributed by atoms with E-state index in [-0.39, 0.29) is 11.9 Å². The molecular formula is C16H17ClO2S. The van der Waals surface area contributed by atoms with E-state index in [0.717, 1.165) is 16.7 Å². The molecule has 0 saturated heterocycles. The van der Waals surface area contributed by atoms with Crippen LogP contribution in [0.2, 0.25) is 5.02 Å². The summed E-state index contributed by atoms with van der Waals surface area (Å²) in [6.45, 7) is 1.98. The second-order valence-electron chi connectivity index (χ2n) is 4.70. The first-order valence-corrected chi connectivity index (χ1v) is 8.17. The standard InChI is InChI=1S/C16H17ClO2S/c1-12(15-3-2-4-16(17)9-15)20(19)11-14-7-5-13(10-18)6-8-14/h2-9,12,18H,10-11H2,1H3. The van der Waals surface area contributed by atoms with Crippen LogP contribution in [0.25, 0.3) is 0 Å². The number of hydrogen-bond acceptors (Lipinski definition) is 2. The van der Waals surface area contributed by atoms with Gasteiger partial charge in [0.2, 0.25) is 0 Å². The fourth-order valence-electron chi connectivity index (χ4n) is 1.94. The Labute approximate surface area is 126 Å². The van der Waals surface area contributed by atoms with Gasteiger partial charge in [-0.3, -0.25) is 4.21 Å². The van der Waals surface area contributed by atoms with Gasteiger partial charge < -0.3 is 5.11 Å². The Balaban J connectivity index is 2.07. The number of benzene rings is 2. The first-order chi connectivity index (χ1) is 9.60. The highest BCUT2D eigenvalue weighted by atomic mass is 35.5. The van der Waals surface area contributed by atoms with Crippen LogP contribution in [0.4, 0.5) is 0 Å². The third-order valence-corrected chi connectivity index (χ3v) is 5.14. The molecule has 0 fully saturated rings. The van der Waals surface area contributed by atoms with E-state index in [2.05, 4.69) is 0 Å². The van der Waals surface area contributed by atoms with E-state index in [1.807, 2.05) is 55.5 Å².